The molecule has 0 bridgehead atoms. The van der Waals surface area contributed by atoms with Crippen molar-refractivity contribution in [2.75, 3.05) is 5.32 Å². The first-order chi connectivity index (χ1) is 9.54. The van der Waals surface area contributed by atoms with Crippen LogP contribution in [0.3, 0.4) is 0 Å². The summed E-state index contributed by atoms with van der Waals surface area (Å²) >= 11 is 6.27. The summed E-state index contributed by atoms with van der Waals surface area (Å²) in [4.78, 5) is 11.4. The van der Waals surface area contributed by atoms with Crippen molar-refractivity contribution in [1.82, 2.24) is 0 Å². The predicted molar refractivity (Wildman–Crippen MR) is 81.0 cm³/mol. The number of fused-ring (bicyclic) bond motifs is 1. The molecule has 1 heterocycles. The van der Waals surface area contributed by atoms with E-state index in [1.54, 1.807) is 0 Å². The van der Waals surface area contributed by atoms with Gasteiger partial charge in [0.1, 0.15) is 0 Å². The molecule has 3 rings (SSSR count). The molecule has 1 aliphatic heterocycles. The highest BCUT2D eigenvalue weighted by Crippen LogP contribution is 2.31. The zero-order valence-electron chi connectivity index (χ0n) is 11.1. The average molecular weight is 287 g/mol. The SMILES string of the molecule is Cc1ccc(C(N)c2ccc3c(c2)CC(=O)N3)c(Cl)c1. The minimum atomic E-state index is -0.288. The molecular weight excluding hydrogens is 272 g/mol. The van der Waals surface area contributed by atoms with E-state index in [0.29, 0.717) is 11.4 Å². The van der Waals surface area contributed by atoms with Crippen LogP contribution in [0.2, 0.25) is 5.02 Å². The number of hydrogen-bond acceptors (Lipinski definition) is 2. The Kier molecular flexibility index (Phi) is 3.24. The zero-order valence-corrected chi connectivity index (χ0v) is 11.9. The Labute approximate surface area is 122 Å². The molecule has 0 fully saturated rings. The lowest BCUT2D eigenvalue weighted by atomic mass is 9.96. The number of halogens is 1. The average Bonchev–Trinajstić information content (AvgIpc) is 2.77. The van der Waals surface area contributed by atoms with Crippen molar-refractivity contribution in [2.45, 2.75) is 19.4 Å². The number of amides is 1. The van der Waals surface area contributed by atoms with Crippen LogP contribution in [0.25, 0.3) is 0 Å². The lowest BCUT2D eigenvalue weighted by molar-refractivity contribution is -0.115. The Balaban J connectivity index is 1.97. The molecule has 0 aromatic heterocycles. The van der Waals surface area contributed by atoms with Crippen LogP contribution in [0, 0.1) is 6.92 Å². The van der Waals surface area contributed by atoms with Crippen LogP contribution < -0.4 is 11.1 Å². The lowest BCUT2D eigenvalue weighted by Crippen LogP contribution is -2.12. The van der Waals surface area contributed by atoms with Crippen LogP contribution in [-0.2, 0) is 11.2 Å². The maximum atomic E-state index is 11.4. The maximum Gasteiger partial charge on any atom is 0.228 e. The van der Waals surface area contributed by atoms with E-state index in [4.69, 9.17) is 17.3 Å². The zero-order chi connectivity index (χ0) is 14.3. The van der Waals surface area contributed by atoms with Crippen molar-refractivity contribution in [2.24, 2.45) is 5.73 Å². The Morgan fingerprint density at radius 3 is 2.80 bits per heavy atom. The first-order valence-electron chi connectivity index (χ1n) is 6.49. The van der Waals surface area contributed by atoms with Crippen LogP contribution in [-0.4, -0.2) is 5.91 Å². The summed E-state index contributed by atoms with van der Waals surface area (Å²) in [5.74, 6) is 0.0269. The molecule has 1 aliphatic rings. The number of benzene rings is 2. The van der Waals surface area contributed by atoms with Gasteiger partial charge < -0.3 is 11.1 Å². The standard InChI is InChI=1S/C16H15ClN2O/c1-9-2-4-12(13(17)6-9)16(18)10-3-5-14-11(7-10)8-15(20)19-14/h2-7,16H,8,18H2,1H3,(H,19,20). The maximum absolute atomic E-state index is 11.4. The van der Waals surface area contributed by atoms with Crippen LogP contribution in [0.1, 0.15) is 28.3 Å². The number of carbonyl (C=O) groups is 1. The van der Waals surface area contributed by atoms with Gasteiger partial charge in [0.2, 0.25) is 5.91 Å². The largest absolute Gasteiger partial charge is 0.326 e. The highest BCUT2D eigenvalue weighted by Gasteiger charge is 2.20. The molecule has 1 amide bonds. The number of aryl methyl sites for hydroxylation is 1. The minimum Gasteiger partial charge on any atom is -0.326 e. The summed E-state index contributed by atoms with van der Waals surface area (Å²) in [5, 5.41) is 3.49. The van der Waals surface area contributed by atoms with Crippen molar-refractivity contribution in [1.29, 1.82) is 0 Å². The van der Waals surface area contributed by atoms with Crippen LogP contribution >= 0.6 is 11.6 Å². The number of anilines is 1. The van der Waals surface area contributed by atoms with Gasteiger partial charge in [0.15, 0.2) is 0 Å². The predicted octanol–water partition coefficient (Wildman–Crippen LogP) is 3.19. The molecule has 0 spiro atoms. The van der Waals surface area contributed by atoms with E-state index in [0.717, 1.165) is 27.9 Å². The lowest BCUT2D eigenvalue weighted by Gasteiger charge is -2.15. The third-order valence-corrected chi connectivity index (χ3v) is 3.93. The molecule has 2 aromatic rings. The molecule has 0 saturated carbocycles. The summed E-state index contributed by atoms with van der Waals surface area (Å²) in [6.45, 7) is 1.99. The second-order valence-electron chi connectivity index (χ2n) is 5.14. The second kappa shape index (κ2) is 4.93. The van der Waals surface area contributed by atoms with Gasteiger partial charge in [-0.3, -0.25) is 4.79 Å². The summed E-state index contributed by atoms with van der Waals surface area (Å²) in [6, 6.07) is 11.4. The van der Waals surface area contributed by atoms with Gasteiger partial charge in [-0.1, -0.05) is 35.9 Å². The molecule has 0 radical (unpaired) electrons. The normalized spacial score (nSPS) is 14.8. The fraction of sp³-hybridized carbons (Fsp3) is 0.188. The second-order valence-corrected chi connectivity index (χ2v) is 5.55. The highest BCUT2D eigenvalue weighted by molar-refractivity contribution is 6.31. The Hall–Kier alpha value is -1.84. The summed E-state index contributed by atoms with van der Waals surface area (Å²) in [6.07, 6.45) is 0.414. The van der Waals surface area contributed by atoms with Crippen LogP contribution in [0.5, 0.6) is 0 Å². The topological polar surface area (TPSA) is 55.1 Å². The number of rotatable bonds is 2. The molecule has 4 heteroatoms. The molecule has 3 N–H and O–H groups in total. The van der Waals surface area contributed by atoms with Crippen molar-refractivity contribution in [3.63, 3.8) is 0 Å². The molecule has 1 unspecified atom stereocenters. The number of nitrogens with one attached hydrogen (secondary N) is 1. The molecule has 2 aromatic carbocycles. The fourth-order valence-corrected chi connectivity index (χ4v) is 2.86. The summed E-state index contributed by atoms with van der Waals surface area (Å²) in [5.41, 5.74) is 11.1. The van der Waals surface area contributed by atoms with Crippen LogP contribution in [0.15, 0.2) is 36.4 Å². The first-order valence-corrected chi connectivity index (χ1v) is 6.86. The highest BCUT2D eigenvalue weighted by atomic mass is 35.5. The summed E-state index contributed by atoms with van der Waals surface area (Å²) < 4.78 is 0. The van der Waals surface area contributed by atoms with E-state index < -0.39 is 0 Å². The first kappa shape index (κ1) is 13.2. The fourth-order valence-electron chi connectivity index (χ4n) is 2.51. The molecule has 1 atom stereocenters. The Morgan fingerprint density at radius 2 is 2.05 bits per heavy atom. The quantitative estimate of drug-likeness (QED) is 0.891. The third kappa shape index (κ3) is 2.30. The minimum absolute atomic E-state index is 0.0269. The van der Waals surface area contributed by atoms with Gasteiger partial charge in [0, 0.05) is 10.7 Å². The van der Waals surface area contributed by atoms with E-state index in [1.165, 1.54) is 0 Å². The molecular formula is C16H15ClN2O. The van der Waals surface area contributed by atoms with Crippen molar-refractivity contribution < 1.29 is 4.79 Å². The van der Waals surface area contributed by atoms with E-state index in [1.807, 2.05) is 43.3 Å². The van der Waals surface area contributed by atoms with Gasteiger partial charge in [0.05, 0.1) is 12.5 Å². The Bertz CT molecular complexity index is 697. The molecule has 3 nitrogen and oxygen atoms in total. The van der Waals surface area contributed by atoms with Gasteiger partial charge in [-0.05, 0) is 41.3 Å². The van der Waals surface area contributed by atoms with Gasteiger partial charge >= 0.3 is 0 Å². The molecule has 0 saturated heterocycles. The molecule has 102 valence electrons. The monoisotopic (exact) mass is 286 g/mol. The number of carbonyl (C=O) groups excluding carboxylic acids is 1. The third-order valence-electron chi connectivity index (χ3n) is 3.60. The number of nitrogens with two attached hydrogens (primary N) is 1. The van der Waals surface area contributed by atoms with Gasteiger partial charge in [-0.15, -0.1) is 0 Å². The van der Waals surface area contributed by atoms with Crippen LogP contribution in [0.4, 0.5) is 5.69 Å². The van der Waals surface area contributed by atoms with Gasteiger partial charge in [-0.25, -0.2) is 0 Å². The van der Waals surface area contributed by atoms with E-state index >= 15 is 0 Å². The van der Waals surface area contributed by atoms with E-state index in [9.17, 15) is 4.79 Å². The Morgan fingerprint density at radius 1 is 1.25 bits per heavy atom. The summed E-state index contributed by atoms with van der Waals surface area (Å²) in [7, 11) is 0. The van der Waals surface area contributed by atoms with E-state index in [2.05, 4.69) is 5.32 Å². The molecule has 0 aliphatic carbocycles. The number of hydrogen-bond donors (Lipinski definition) is 2. The van der Waals surface area contributed by atoms with Crippen molar-refractivity contribution >= 4 is 23.2 Å². The van der Waals surface area contributed by atoms with Crippen molar-refractivity contribution in [3.8, 4) is 0 Å². The molecule has 20 heavy (non-hydrogen) atoms. The smallest absolute Gasteiger partial charge is 0.228 e. The van der Waals surface area contributed by atoms with Gasteiger partial charge in [-0.2, -0.15) is 0 Å². The van der Waals surface area contributed by atoms with E-state index in [-0.39, 0.29) is 11.9 Å². The van der Waals surface area contributed by atoms with Crippen molar-refractivity contribution in [3.05, 3.63) is 63.7 Å². The van der Waals surface area contributed by atoms with Gasteiger partial charge in [0.25, 0.3) is 0 Å².